The Balaban J connectivity index is 8.73. The number of carbonyl (C=O) groups excluding carboxylic acids is 7. The summed E-state index contributed by atoms with van der Waals surface area (Å²) in [6, 6.07) is 0. The van der Waals surface area contributed by atoms with E-state index in [4.69, 9.17) is 32.9 Å². The lowest BCUT2D eigenvalue weighted by Crippen LogP contribution is -2.66. The number of esters is 5. The molecule has 0 aromatic heterocycles. The lowest BCUT2D eigenvalue weighted by atomic mass is 9.87. The van der Waals surface area contributed by atoms with Gasteiger partial charge in [-0.2, -0.15) is 14.3 Å². The second-order valence-electron chi connectivity index (χ2n) is 43.1. The summed E-state index contributed by atoms with van der Waals surface area (Å²) in [5.41, 5.74) is -4.61. The Morgan fingerprint density at radius 3 is 0.842 bits per heavy atom. The van der Waals surface area contributed by atoms with Gasteiger partial charge in [0.2, 0.25) is 11.8 Å². The zero-order valence-corrected chi connectivity index (χ0v) is 92.6. The second kappa shape index (κ2) is 86.3. The van der Waals surface area contributed by atoms with Gasteiger partial charge in [0.05, 0.1) is 81.5 Å². The summed E-state index contributed by atoms with van der Waals surface area (Å²) in [6.07, 6.45) is 42.4. The molecule has 0 saturated heterocycles. The molecule has 0 aliphatic heterocycles. The number of carbonyl (C=O) groups is 7. The molecular weight excluding hydrogens is 1780 g/mol. The number of nitrogens with one attached hydrogen (secondary N) is 2. The van der Waals surface area contributed by atoms with E-state index in [0.717, 1.165) is 283 Å². The molecule has 0 bridgehead atoms. The molecule has 0 heterocycles. The molecular formula is C113H217N2O23P. The third kappa shape index (κ3) is 68.4. The van der Waals surface area contributed by atoms with Gasteiger partial charge in [-0.15, -0.1) is 0 Å². The largest absolute Gasteiger partial charge is 0.606 e. The lowest BCUT2D eigenvalue weighted by molar-refractivity contribution is -0.254. The summed E-state index contributed by atoms with van der Waals surface area (Å²) in [5.74, 6) is -8.71. The summed E-state index contributed by atoms with van der Waals surface area (Å²) in [4.78, 5) is 139. The summed E-state index contributed by atoms with van der Waals surface area (Å²) < 4.78 is 43.5. The number of aliphatic hydroxyl groups is 6. The Kier molecular flexibility index (Phi) is 84.0. The number of rotatable bonds is 99. The van der Waals surface area contributed by atoms with Gasteiger partial charge in [0.15, 0.2) is 18.3 Å². The average molecular weight is 2000 g/mol. The Bertz CT molecular complexity index is 2970. The van der Waals surface area contributed by atoms with Crippen molar-refractivity contribution < 1.29 is 112 Å². The van der Waals surface area contributed by atoms with Gasteiger partial charge in [0.25, 0.3) is 0 Å². The Morgan fingerprint density at radius 2 is 0.561 bits per heavy atom. The molecule has 25 nitrogen and oxygen atoms in total. The lowest BCUT2D eigenvalue weighted by Gasteiger charge is -2.43. The number of phosphoric ester groups is 1. The molecule has 0 aromatic rings. The van der Waals surface area contributed by atoms with Crippen molar-refractivity contribution in [3.05, 3.63) is 0 Å². The van der Waals surface area contributed by atoms with Crippen LogP contribution < -0.4 is 15.5 Å². The van der Waals surface area contributed by atoms with Gasteiger partial charge in [-0.05, 0) is 82.5 Å². The van der Waals surface area contributed by atoms with E-state index >= 15 is 14.4 Å². The molecule has 0 saturated carbocycles. The first kappa shape index (κ1) is 135. The number of amides is 2. The van der Waals surface area contributed by atoms with Crippen LogP contribution in [0, 0.1) is 41.4 Å². The highest BCUT2D eigenvalue weighted by Gasteiger charge is 2.53. The topological polar surface area (TPSA) is 393 Å². The Labute approximate surface area is 848 Å². The molecule has 822 valence electrons. The molecule has 19 atom stereocenters. The van der Waals surface area contributed by atoms with E-state index in [2.05, 4.69) is 59.1 Å². The van der Waals surface area contributed by atoms with E-state index in [9.17, 15) is 64.5 Å². The van der Waals surface area contributed by atoms with Crippen molar-refractivity contribution in [2.24, 2.45) is 41.4 Å². The van der Waals surface area contributed by atoms with E-state index in [-0.39, 0.29) is 5.92 Å². The molecule has 10 N–H and O–H groups in total. The molecule has 2 amide bonds. The van der Waals surface area contributed by atoms with Crippen LogP contribution in [-0.2, 0) is 66.5 Å². The molecule has 0 fully saturated rings. The van der Waals surface area contributed by atoms with Gasteiger partial charge in [-0.1, -0.05) is 456 Å². The highest BCUT2D eigenvalue weighted by Crippen LogP contribution is 2.45. The van der Waals surface area contributed by atoms with Crippen LogP contribution in [0.1, 0.15) is 541 Å². The third-order valence-electron chi connectivity index (χ3n) is 29.1. The summed E-state index contributed by atoms with van der Waals surface area (Å²) >= 11 is 0. The Hall–Kier alpha value is -3.72. The number of ether oxygens (including phenoxy) is 6. The van der Waals surface area contributed by atoms with Crippen LogP contribution in [-0.4, -0.2) is 181 Å². The quantitative estimate of drug-likeness (QED) is 0.0117. The SMILES string of the molecule is CCCCCCCCCCCCCC(C)C(=O)OC(CC(=O)NC(C)(CO)C(OC(=O)CC(O)C(C)CCCCCCCCC)C(O)C(O)COCC(C)(NC(=O)CC(OC(=O)C(C)CCCCCCCCC)C(C)CCCCCCCCC)C(OC(=O)CC(OC(=O)C(C)CCCCCCCCCCCC)C(C)CCCCCCCCC)C(O[P+]([O-])(O)O)C(O)CO)C(C)CCCCCCCCC. The molecule has 0 aromatic carbocycles. The first-order chi connectivity index (χ1) is 66.5. The predicted molar refractivity (Wildman–Crippen MR) is 561 cm³/mol. The Morgan fingerprint density at radius 1 is 0.309 bits per heavy atom. The maximum absolute atomic E-state index is 15.6. The summed E-state index contributed by atoms with van der Waals surface area (Å²) in [5, 5.41) is 77.5. The molecule has 26 heteroatoms. The fraction of sp³-hybridized carbons (Fsp3) is 0.938. The number of hydrogen-bond acceptors (Lipinski definition) is 23. The zero-order valence-electron chi connectivity index (χ0n) is 91.7. The predicted octanol–water partition coefficient (Wildman–Crippen LogP) is 24.9. The highest BCUT2D eigenvalue weighted by molar-refractivity contribution is 7.51. The zero-order chi connectivity index (χ0) is 104. The van der Waals surface area contributed by atoms with Crippen LogP contribution in [0.2, 0.25) is 0 Å². The van der Waals surface area contributed by atoms with Crippen molar-refractivity contribution in [1.82, 2.24) is 10.6 Å². The summed E-state index contributed by atoms with van der Waals surface area (Å²) in [7, 11) is -5.84. The van der Waals surface area contributed by atoms with Crippen LogP contribution in [0.3, 0.4) is 0 Å². The molecule has 0 radical (unpaired) electrons. The first-order valence-electron chi connectivity index (χ1n) is 57.4. The van der Waals surface area contributed by atoms with Crippen molar-refractivity contribution in [1.29, 1.82) is 0 Å². The number of unbranched alkanes of at least 4 members (excludes halogenated alkanes) is 49. The van der Waals surface area contributed by atoms with E-state index < -0.39 is 210 Å². The molecule has 0 spiro atoms. The maximum Gasteiger partial charge on any atom is 0.374 e. The van der Waals surface area contributed by atoms with Crippen molar-refractivity contribution in [2.45, 2.75) is 613 Å². The van der Waals surface area contributed by atoms with E-state index in [1.807, 2.05) is 34.6 Å². The highest BCUT2D eigenvalue weighted by atomic mass is 31.2. The van der Waals surface area contributed by atoms with Gasteiger partial charge < -0.3 is 74.6 Å². The fourth-order valence-corrected chi connectivity index (χ4v) is 19.5. The molecule has 0 aliphatic rings. The van der Waals surface area contributed by atoms with Gasteiger partial charge in [0.1, 0.15) is 42.2 Å². The van der Waals surface area contributed by atoms with Crippen LogP contribution >= 0.6 is 8.17 Å². The van der Waals surface area contributed by atoms with Gasteiger partial charge in [-0.3, -0.25) is 33.6 Å². The van der Waals surface area contributed by atoms with E-state index in [0.29, 0.717) is 44.9 Å². The van der Waals surface area contributed by atoms with Crippen molar-refractivity contribution in [2.75, 3.05) is 26.4 Å². The van der Waals surface area contributed by atoms with Crippen molar-refractivity contribution in [3.8, 4) is 0 Å². The number of aliphatic hydroxyl groups excluding tert-OH is 6. The van der Waals surface area contributed by atoms with Gasteiger partial charge >= 0.3 is 38.0 Å². The van der Waals surface area contributed by atoms with Crippen LogP contribution in [0.4, 0.5) is 0 Å². The number of phosphoric acid groups is 1. The third-order valence-corrected chi connectivity index (χ3v) is 29.6. The molecule has 139 heavy (non-hydrogen) atoms. The molecule has 0 rings (SSSR count). The van der Waals surface area contributed by atoms with Crippen molar-refractivity contribution in [3.63, 3.8) is 0 Å². The first-order valence-corrected chi connectivity index (χ1v) is 58.9. The van der Waals surface area contributed by atoms with Gasteiger partial charge in [0, 0.05) is 0 Å². The van der Waals surface area contributed by atoms with E-state index in [1.54, 1.807) is 13.8 Å². The number of hydrogen-bond donors (Lipinski definition) is 10. The minimum atomic E-state index is -5.84. The fourth-order valence-electron chi connectivity index (χ4n) is 19.0. The van der Waals surface area contributed by atoms with Crippen LogP contribution in [0.5, 0.6) is 0 Å². The van der Waals surface area contributed by atoms with Crippen LogP contribution in [0.25, 0.3) is 0 Å². The molecule has 0 aliphatic carbocycles. The standard InChI is InChI=1S/C113H217N2O23P/c1-17-24-31-38-45-47-49-51-58-65-71-78-93(13)109(126)133-98(89(9)74-67-60-53-41-34-27-20-4)81-101(121)114-112(15,86-117)107(136-103(123)80-95(118)88(8)73-66-59-52-40-33-26-19-3)105(125)97(120)85-132-87-113(16,115-102(122)82-99(90(10)75-68-61-54-42-35-28-21-5)134-110(127)92(12)77-70-63-56-44-37-30-23-7)108(106(96(119)84-116)138-139(129,130)131)137-104(124)83-100(91(11)76-69-62-55-43-36-29-22-6)135-111(128)94(14)79-72-64-57-50-48-46-39-32-25-18-2/h88-100,105-108,116-120,125H,17-87H2,1-16H3,(H,114,121)(H,115,122)(H2,129,130,131). The monoisotopic (exact) mass is 2000 g/mol. The normalized spacial score (nSPS) is 16.6. The molecule has 19 unspecified atom stereocenters. The summed E-state index contributed by atoms with van der Waals surface area (Å²) in [6.45, 7) is 26.3. The minimum absolute atomic E-state index is 0.334. The maximum atomic E-state index is 15.6. The van der Waals surface area contributed by atoms with Crippen molar-refractivity contribution >= 4 is 49.8 Å². The van der Waals surface area contributed by atoms with Gasteiger partial charge in [-0.25, -0.2) is 0 Å². The van der Waals surface area contributed by atoms with Crippen LogP contribution in [0.15, 0.2) is 0 Å². The minimum Gasteiger partial charge on any atom is -0.606 e. The second-order valence-corrected chi connectivity index (χ2v) is 44.3. The average Bonchev–Trinajstić information content (AvgIpc) is 0.799. The van der Waals surface area contributed by atoms with E-state index in [1.165, 1.54) is 90.9 Å². The smallest absolute Gasteiger partial charge is 0.374 e.